The summed E-state index contributed by atoms with van der Waals surface area (Å²) < 4.78 is 17.1. The van der Waals surface area contributed by atoms with Crippen molar-refractivity contribution in [3.63, 3.8) is 0 Å². The highest BCUT2D eigenvalue weighted by atomic mass is 35.5. The largest absolute Gasteiger partial charge is 0.492 e. The molecular formula is C27H27ClN4O5. The Labute approximate surface area is 218 Å². The van der Waals surface area contributed by atoms with Gasteiger partial charge in [0.05, 0.1) is 18.8 Å². The number of primary amides is 1. The van der Waals surface area contributed by atoms with E-state index in [1.54, 1.807) is 30.3 Å². The summed E-state index contributed by atoms with van der Waals surface area (Å²) in [5, 5.41) is 3.66. The van der Waals surface area contributed by atoms with Crippen LogP contribution in [0.4, 0.5) is 11.4 Å². The van der Waals surface area contributed by atoms with Crippen LogP contribution in [-0.4, -0.2) is 49.5 Å². The lowest BCUT2D eigenvalue weighted by atomic mass is 10.2. The third-order valence-corrected chi connectivity index (χ3v) is 6.49. The fourth-order valence-corrected chi connectivity index (χ4v) is 4.65. The molecule has 3 N–H and O–H groups in total. The number of ether oxygens (including phenoxy) is 1. The Morgan fingerprint density at radius 1 is 1.05 bits per heavy atom. The van der Waals surface area contributed by atoms with Crippen LogP contribution < -0.4 is 20.7 Å². The second-order valence-electron chi connectivity index (χ2n) is 8.69. The number of piperazine rings is 1. The second-order valence-corrected chi connectivity index (χ2v) is 9.13. The van der Waals surface area contributed by atoms with Gasteiger partial charge in [-0.2, -0.15) is 0 Å². The Morgan fingerprint density at radius 2 is 1.84 bits per heavy atom. The Balaban J connectivity index is 1.23. The van der Waals surface area contributed by atoms with E-state index in [2.05, 4.69) is 21.2 Å². The first kappa shape index (κ1) is 24.7. The number of carbonyl (C=O) groups is 2. The van der Waals surface area contributed by atoms with Crippen molar-refractivity contribution in [3.05, 3.63) is 76.9 Å². The lowest BCUT2D eigenvalue weighted by molar-refractivity contribution is 0.0977. The summed E-state index contributed by atoms with van der Waals surface area (Å²) in [6, 6.07) is 16.3. The first-order valence-electron chi connectivity index (χ1n) is 12.0. The summed E-state index contributed by atoms with van der Waals surface area (Å²) in [5.74, 6) is 0.231. The number of furan rings is 2. The lowest BCUT2D eigenvalue weighted by Gasteiger charge is -2.36. The molecule has 0 spiro atoms. The van der Waals surface area contributed by atoms with Crippen LogP contribution in [0.15, 0.2) is 63.4 Å². The number of halogens is 1. The van der Waals surface area contributed by atoms with Gasteiger partial charge in [0.1, 0.15) is 22.8 Å². The van der Waals surface area contributed by atoms with Crippen molar-refractivity contribution >= 4 is 45.8 Å². The number of benzene rings is 2. The van der Waals surface area contributed by atoms with Crippen molar-refractivity contribution in [3.8, 4) is 5.75 Å². The van der Waals surface area contributed by atoms with Gasteiger partial charge >= 0.3 is 0 Å². The van der Waals surface area contributed by atoms with Crippen molar-refractivity contribution in [2.24, 2.45) is 5.73 Å². The van der Waals surface area contributed by atoms with E-state index in [1.165, 1.54) is 0 Å². The SMILES string of the molecule is CCOc1ccccc1N1CCN(Cc2ccc(C(=O)Nc3c(C(N)=O)oc4cc(Cl)ccc34)o2)CC1. The van der Waals surface area contributed by atoms with Gasteiger partial charge in [-0.05, 0) is 43.3 Å². The monoisotopic (exact) mass is 522 g/mol. The van der Waals surface area contributed by atoms with Crippen molar-refractivity contribution < 1.29 is 23.2 Å². The molecule has 192 valence electrons. The summed E-state index contributed by atoms with van der Waals surface area (Å²) in [5.41, 5.74) is 7.09. The van der Waals surface area contributed by atoms with Gasteiger partial charge in [-0.3, -0.25) is 14.5 Å². The number of fused-ring (bicyclic) bond motifs is 1. The average molecular weight is 523 g/mol. The molecular weight excluding hydrogens is 496 g/mol. The molecule has 5 rings (SSSR count). The molecule has 0 radical (unpaired) electrons. The van der Waals surface area contributed by atoms with Crippen LogP contribution >= 0.6 is 11.6 Å². The van der Waals surface area contributed by atoms with E-state index in [9.17, 15) is 9.59 Å². The van der Waals surface area contributed by atoms with Crippen LogP contribution in [0, 0.1) is 0 Å². The van der Waals surface area contributed by atoms with Crippen LogP contribution in [-0.2, 0) is 6.54 Å². The van der Waals surface area contributed by atoms with Gasteiger partial charge in [-0.25, -0.2) is 0 Å². The van der Waals surface area contributed by atoms with Gasteiger partial charge in [0.25, 0.3) is 11.8 Å². The van der Waals surface area contributed by atoms with Crippen LogP contribution in [0.2, 0.25) is 5.02 Å². The van der Waals surface area contributed by atoms with E-state index in [4.69, 9.17) is 30.9 Å². The van der Waals surface area contributed by atoms with Gasteiger partial charge in [0, 0.05) is 42.7 Å². The lowest BCUT2D eigenvalue weighted by Crippen LogP contribution is -2.46. The number of carbonyl (C=O) groups excluding carboxylic acids is 2. The topological polar surface area (TPSA) is 114 Å². The van der Waals surface area contributed by atoms with Crippen molar-refractivity contribution in [1.29, 1.82) is 0 Å². The smallest absolute Gasteiger partial charge is 0.291 e. The number of nitrogens with one attached hydrogen (secondary N) is 1. The predicted octanol–water partition coefficient (Wildman–Crippen LogP) is 4.75. The summed E-state index contributed by atoms with van der Waals surface area (Å²) in [6.07, 6.45) is 0. The maximum absolute atomic E-state index is 12.9. The fourth-order valence-electron chi connectivity index (χ4n) is 4.49. The molecule has 1 aliphatic heterocycles. The van der Waals surface area contributed by atoms with Crippen LogP contribution in [0.5, 0.6) is 5.75 Å². The molecule has 1 fully saturated rings. The van der Waals surface area contributed by atoms with Gasteiger partial charge in [-0.1, -0.05) is 23.7 Å². The van der Waals surface area contributed by atoms with Crippen LogP contribution in [0.1, 0.15) is 33.8 Å². The normalized spacial score (nSPS) is 14.2. The van der Waals surface area contributed by atoms with Crippen molar-refractivity contribution in [2.45, 2.75) is 13.5 Å². The summed E-state index contributed by atoms with van der Waals surface area (Å²) in [7, 11) is 0. The van der Waals surface area contributed by atoms with Gasteiger partial charge in [-0.15, -0.1) is 0 Å². The first-order chi connectivity index (χ1) is 17.9. The van der Waals surface area contributed by atoms with Crippen molar-refractivity contribution in [1.82, 2.24) is 4.90 Å². The van der Waals surface area contributed by atoms with E-state index in [0.29, 0.717) is 34.9 Å². The van der Waals surface area contributed by atoms with E-state index in [1.807, 2.05) is 25.1 Å². The molecule has 2 aromatic carbocycles. The highest BCUT2D eigenvalue weighted by Crippen LogP contribution is 2.33. The maximum Gasteiger partial charge on any atom is 0.291 e. The Morgan fingerprint density at radius 3 is 2.59 bits per heavy atom. The number of rotatable bonds is 8. The molecule has 1 saturated heterocycles. The van der Waals surface area contributed by atoms with E-state index in [0.717, 1.165) is 37.6 Å². The molecule has 2 amide bonds. The highest BCUT2D eigenvalue weighted by molar-refractivity contribution is 6.31. The molecule has 0 atom stereocenters. The molecule has 4 aromatic rings. The molecule has 0 aliphatic carbocycles. The van der Waals surface area contributed by atoms with Gasteiger partial charge in [0.15, 0.2) is 5.76 Å². The van der Waals surface area contributed by atoms with E-state index < -0.39 is 11.8 Å². The molecule has 37 heavy (non-hydrogen) atoms. The van der Waals surface area contributed by atoms with Crippen LogP contribution in [0.3, 0.4) is 0 Å². The van der Waals surface area contributed by atoms with Crippen molar-refractivity contribution in [2.75, 3.05) is 43.0 Å². The zero-order valence-electron chi connectivity index (χ0n) is 20.3. The fraction of sp³-hybridized carbons (Fsp3) is 0.259. The molecule has 1 aliphatic rings. The number of para-hydroxylation sites is 2. The molecule has 9 nitrogen and oxygen atoms in total. The van der Waals surface area contributed by atoms with E-state index in [-0.39, 0.29) is 17.2 Å². The standard InChI is InChI=1S/C27H27ClN4O5/c1-2-35-21-6-4-3-5-20(21)32-13-11-31(12-14-32)16-18-8-10-22(36-18)27(34)30-24-19-9-7-17(28)15-23(19)37-25(24)26(29)33/h3-10,15H,2,11-14,16H2,1H3,(H2,29,33)(H,30,34). The Bertz CT molecular complexity index is 1440. The molecule has 0 unspecified atom stereocenters. The number of anilines is 2. The molecule has 3 heterocycles. The number of hydrogen-bond donors (Lipinski definition) is 2. The third kappa shape index (κ3) is 5.28. The first-order valence-corrected chi connectivity index (χ1v) is 12.4. The quantitative estimate of drug-likeness (QED) is 0.343. The Hall–Kier alpha value is -3.95. The minimum absolute atomic E-state index is 0.123. The third-order valence-electron chi connectivity index (χ3n) is 6.26. The number of nitrogens with two attached hydrogens (primary N) is 1. The van der Waals surface area contributed by atoms with Crippen LogP contribution in [0.25, 0.3) is 11.0 Å². The average Bonchev–Trinajstić information content (AvgIpc) is 3.50. The molecule has 0 saturated carbocycles. The summed E-state index contributed by atoms with van der Waals surface area (Å²) in [4.78, 5) is 29.4. The number of amides is 2. The van der Waals surface area contributed by atoms with Gasteiger partial charge in [0.2, 0.25) is 5.76 Å². The number of hydrogen-bond acceptors (Lipinski definition) is 7. The Kier molecular flexibility index (Phi) is 7.07. The summed E-state index contributed by atoms with van der Waals surface area (Å²) in [6.45, 7) is 6.57. The minimum atomic E-state index is -0.800. The zero-order valence-corrected chi connectivity index (χ0v) is 21.1. The highest BCUT2D eigenvalue weighted by Gasteiger charge is 2.24. The predicted molar refractivity (Wildman–Crippen MR) is 142 cm³/mol. The minimum Gasteiger partial charge on any atom is -0.492 e. The molecule has 10 heteroatoms. The van der Waals surface area contributed by atoms with E-state index >= 15 is 0 Å². The zero-order chi connectivity index (χ0) is 25.9. The summed E-state index contributed by atoms with van der Waals surface area (Å²) >= 11 is 6.01. The number of nitrogens with zero attached hydrogens (tertiary/aromatic N) is 2. The molecule has 0 bridgehead atoms. The van der Waals surface area contributed by atoms with Gasteiger partial charge < -0.3 is 29.5 Å². The second kappa shape index (κ2) is 10.6. The molecule has 2 aromatic heterocycles. The maximum atomic E-state index is 12.9.